The molecule has 8 nitrogen and oxygen atoms in total. The zero-order valence-electron chi connectivity index (χ0n) is 26.0. The maximum Gasteiger partial charge on any atom is 0.523 e. The molecular formula is C36H37F3O8S. The van der Waals surface area contributed by atoms with Crippen molar-refractivity contribution in [1.82, 2.24) is 0 Å². The van der Waals surface area contributed by atoms with Gasteiger partial charge >= 0.3 is 15.6 Å². The van der Waals surface area contributed by atoms with Gasteiger partial charge in [0.2, 0.25) is 0 Å². The first-order valence-electron chi connectivity index (χ1n) is 15.4. The summed E-state index contributed by atoms with van der Waals surface area (Å²) in [5.74, 6) is 0. The average molecular weight is 687 g/mol. The number of ether oxygens (including phenoxy) is 5. The Kier molecular flexibility index (Phi) is 12.8. The summed E-state index contributed by atoms with van der Waals surface area (Å²) in [6.45, 7) is -0.513. The van der Waals surface area contributed by atoms with Crippen LogP contribution < -0.4 is 0 Å². The molecule has 12 heteroatoms. The fourth-order valence-electron chi connectivity index (χ4n) is 5.24. The van der Waals surface area contributed by atoms with E-state index in [-0.39, 0.29) is 33.0 Å². The van der Waals surface area contributed by atoms with Gasteiger partial charge < -0.3 is 23.7 Å². The molecule has 1 aliphatic rings. The minimum atomic E-state index is -5.93. The van der Waals surface area contributed by atoms with Crippen LogP contribution in [-0.2, 0) is 64.4 Å². The Balaban J connectivity index is 1.47. The smallest absolute Gasteiger partial charge is 0.374 e. The third-order valence-electron chi connectivity index (χ3n) is 7.65. The second-order valence-electron chi connectivity index (χ2n) is 11.2. The molecule has 1 heterocycles. The van der Waals surface area contributed by atoms with Gasteiger partial charge in [0, 0.05) is 0 Å². The van der Waals surface area contributed by atoms with Gasteiger partial charge in [0.15, 0.2) is 0 Å². The van der Waals surface area contributed by atoms with Crippen molar-refractivity contribution in [3.63, 3.8) is 0 Å². The summed E-state index contributed by atoms with van der Waals surface area (Å²) >= 11 is 0. The van der Waals surface area contributed by atoms with E-state index in [0.29, 0.717) is 0 Å². The van der Waals surface area contributed by atoms with E-state index in [1.807, 2.05) is 121 Å². The van der Waals surface area contributed by atoms with E-state index in [4.69, 9.17) is 23.7 Å². The van der Waals surface area contributed by atoms with Gasteiger partial charge in [-0.3, -0.25) is 4.18 Å². The first-order chi connectivity index (χ1) is 23.2. The van der Waals surface area contributed by atoms with Gasteiger partial charge in [-0.05, 0) is 22.3 Å². The van der Waals surface area contributed by atoms with Crippen LogP contribution in [0, 0.1) is 0 Å². The van der Waals surface area contributed by atoms with E-state index >= 15 is 0 Å². The fraction of sp³-hybridized carbons (Fsp3) is 0.333. The van der Waals surface area contributed by atoms with Gasteiger partial charge in [-0.25, -0.2) is 0 Å². The number of hydrogen-bond donors (Lipinski definition) is 0. The van der Waals surface area contributed by atoms with Crippen LogP contribution in [0.1, 0.15) is 22.3 Å². The molecule has 1 fully saturated rings. The van der Waals surface area contributed by atoms with Crippen molar-refractivity contribution in [2.75, 3.05) is 13.2 Å². The zero-order valence-corrected chi connectivity index (χ0v) is 26.8. The molecule has 4 aromatic carbocycles. The molecule has 0 amide bonds. The van der Waals surface area contributed by atoms with Crippen LogP contribution in [0.3, 0.4) is 0 Å². The molecule has 1 aliphatic heterocycles. The average Bonchev–Trinajstić information content (AvgIpc) is 3.10. The third-order valence-corrected chi connectivity index (χ3v) is 8.66. The molecule has 5 atom stereocenters. The number of alkyl halides is 3. The highest BCUT2D eigenvalue weighted by Gasteiger charge is 2.51. The van der Waals surface area contributed by atoms with E-state index in [2.05, 4.69) is 4.18 Å². The van der Waals surface area contributed by atoms with Crippen molar-refractivity contribution >= 4 is 10.1 Å². The van der Waals surface area contributed by atoms with Gasteiger partial charge in [-0.2, -0.15) is 21.6 Å². The van der Waals surface area contributed by atoms with Crippen LogP contribution in [0.15, 0.2) is 121 Å². The summed E-state index contributed by atoms with van der Waals surface area (Å²) in [4.78, 5) is 0. The van der Waals surface area contributed by atoms with Crippen molar-refractivity contribution < 1.29 is 49.5 Å². The van der Waals surface area contributed by atoms with E-state index in [1.165, 1.54) is 0 Å². The van der Waals surface area contributed by atoms with Crippen molar-refractivity contribution in [3.8, 4) is 0 Å². The molecule has 48 heavy (non-hydrogen) atoms. The van der Waals surface area contributed by atoms with Gasteiger partial charge in [0.1, 0.15) is 30.5 Å². The van der Waals surface area contributed by atoms with Gasteiger partial charge in [0.25, 0.3) is 0 Å². The SMILES string of the molecule is O=S(=O)(OC[C@@H]1O[C@H](COCc2ccccc2)[C@@H](OCc2ccccc2)[C@H](OCc2ccccc2)[C@H]1OCc1ccccc1)C(F)(F)F. The molecule has 0 spiro atoms. The Morgan fingerprint density at radius 3 is 1.27 bits per heavy atom. The lowest BCUT2D eigenvalue weighted by Crippen LogP contribution is -2.62. The van der Waals surface area contributed by atoms with Crippen molar-refractivity contribution in [1.29, 1.82) is 0 Å². The minimum Gasteiger partial charge on any atom is -0.374 e. The molecule has 0 radical (unpaired) electrons. The summed E-state index contributed by atoms with van der Waals surface area (Å²) in [7, 11) is -5.93. The maximum absolute atomic E-state index is 13.3. The normalized spacial score (nSPS) is 21.6. The van der Waals surface area contributed by atoms with Crippen LogP contribution in [0.4, 0.5) is 13.2 Å². The Labute approximate surface area is 278 Å². The number of benzene rings is 4. The lowest BCUT2D eigenvalue weighted by Gasteiger charge is -2.46. The number of hydrogen-bond acceptors (Lipinski definition) is 8. The van der Waals surface area contributed by atoms with Crippen molar-refractivity contribution in [2.24, 2.45) is 0 Å². The van der Waals surface area contributed by atoms with Crippen LogP contribution in [0.25, 0.3) is 0 Å². The largest absolute Gasteiger partial charge is 0.523 e. The third kappa shape index (κ3) is 10.2. The minimum absolute atomic E-state index is 0.0309. The lowest BCUT2D eigenvalue weighted by molar-refractivity contribution is -0.276. The van der Waals surface area contributed by atoms with Crippen LogP contribution >= 0.6 is 0 Å². The predicted octanol–water partition coefficient (Wildman–Crippen LogP) is 6.59. The molecule has 256 valence electrons. The molecule has 1 saturated heterocycles. The van der Waals surface area contributed by atoms with E-state index in [1.54, 1.807) is 0 Å². The Morgan fingerprint density at radius 2 is 0.875 bits per heavy atom. The topological polar surface area (TPSA) is 89.5 Å². The zero-order chi connectivity index (χ0) is 33.8. The first-order valence-corrected chi connectivity index (χ1v) is 16.8. The predicted molar refractivity (Wildman–Crippen MR) is 171 cm³/mol. The quantitative estimate of drug-likeness (QED) is 0.0964. The highest BCUT2D eigenvalue weighted by atomic mass is 32.2. The summed E-state index contributed by atoms with van der Waals surface area (Å²) in [5, 5.41) is 0. The molecule has 0 N–H and O–H groups in total. The van der Waals surface area contributed by atoms with Crippen molar-refractivity contribution in [3.05, 3.63) is 144 Å². The summed E-state index contributed by atoms with van der Waals surface area (Å²) < 4.78 is 100. The Hall–Kier alpha value is -3.62. The first kappa shape index (κ1) is 35.7. The fourth-order valence-corrected chi connectivity index (χ4v) is 5.69. The second-order valence-corrected chi connectivity index (χ2v) is 12.8. The summed E-state index contributed by atoms with van der Waals surface area (Å²) in [6.07, 6.45) is -5.12. The monoisotopic (exact) mass is 686 g/mol. The molecule has 0 aromatic heterocycles. The molecule has 0 bridgehead atoms. The molecule has 0 unspecified atom stereocenters. The molecule has 5 rings (SSSR count). The second kappa shape index (κ2) is 17.2. The van der Waals surface area contributed by atoms with Crippen LogP contribution in [0.2, 0.25) is 0 Å². The molecule has 0 saturated carbocycles. The number of halogens is 3. The van der Waals surface area contributed by atoms with Crippen LogP contribution in [0.5, 0.6) is 0 Å². The van der Waals surface area contributed by atoms with Gasteiger partial charge in [-0.15, -0.1) is 0 Å². The molecular weight excluding hydrogens is 649 g/mol. The van der Waals surface area contributed by atoms with Gasteiger partial charge in [0.05, 0.1) is 39.6 Å². The van der Waals surface area contributed by atoms with Gasteiger partial charge in [-0.1, -0.05) is 121 Å². The maximum atomic E-state index is 13.3. The van der Waals surface area contributed by atoms with Crippen LogP contribution in [-0.4, -0.2) is 57.7 Å². The van der Waals surface area contributed by atoms with E-state index < -0.39 is 52.8 Å². The number of rotatable bonds is 16. The molecule has 0 aliphatic carbocycles. The van der Waals surface area contributed by atoms with E-state index in [9.17, 15) is 21.6 Å². The standard InChI is InChI=1S/C36H37F3O8S/c37-36(38,39)48(40,41)46-26-32-34(44-23-29-17-9-3-10-18-29)35(45-24-30-19-11-4-12-20-30)33(43-22-28-15-7-2-8-16-28)31(47-32)25-42-21-27-13-5-1-6-14-27/h1-20,31-35H,21-26H2/t31-,32+,33-,34+,35+/m1/s1. The Morgan fingerprint density at radius 1 is 0.521 bits per heavy atom. The van der Waals surface area contributed by atoms with Crippen molar-refractivity contribution in [2.45, 2.75) is 62.5 Å². The summed E-state index contributed by atoms with van der Waals surface area (Å²) in [5.41, 5.74) is -2.25. The summed E-state index contributed by atoms with van der Waals surface area (Å²) in [6, 6.07) is 37.3. The Bertz CT molecular complexity index is 1610. The lowest BCUT2D eigenvalue weighted by atomic mass is 9.94. The molecule has 4 aromatic rings. The highest BCUT2D eigenvalue weighted by molar-refractivity contribution is 7.87. The highest BCUT2D eigenvalue weighted by Crippen LogP contribution is 2.33. The van der Waals surface area contributed by atoms with E-state index in [0.717, 1.165) is 22.3 Å².